The average Bonchev–Trinajstić information content (AvgIpc) is 2.88. The van der Waals surface area contributed by atoms with E-state index in [9.17, 15) is 12.8 Å². The van der Waals surface area contributed by atoms with Crippen molar-refractivity contribution in [1.82, 2.24) is 9.21 Å². The lowest BCUT2D eigenvalue weighted by Gasteiger charge is -2.41. The van der Waals surface area contributed by atoms with Gasteiger partial charge in [-0.2, -0.15) is 4.31 Å². The Hall–Kier alpha value is -0.980. The molecule has 6 heteroatoms. The molecular weight excluding hydrogens is 327 g/mol. The molecule has 24 heavy (non-hydrogen) atoms. The second kappa shape index (κ2) is 6.73. The number of rotatable bonds is 3. The molecule has 0 aliphatic carbocycles. The van der Waals surface area contributed by atoms with Gasteiger partial charge in [-0.25, -0.2) is 12.8 Å². The van der Waals surface area contributed by atoms with Gasteiger partial charge in [0.1, 0.15) is 10.7 Å². The van der Waals surface area contributed by atoms with Gasteiger partial charge in [0.15, 0.2) is 0 Å². The van der Waals surface area contributed by atoms with Gasteiger partial charge in [0.05, 0.1) is 0 Å². The third kappa shape index (κ3) is 3.24. The lowest BCUT2D eigenvalue weighted by atomic mass is 10.0. The highest BCUT2D eigenvalue weighted by Crippen LogP contribution is 2.32. The van der Waals surface area contributed by atoms with Gasteiger partial charge in [-0.3, -0.25) is 4.90 Å². The van der Waals surface area contributed by atoms with E-state index in [1.54, 1.807) is 13.0 Å². The van der Waals surface area contributed by atoms with E-state index in [2.05, 4.69) is 18.7 Å². The van der Waals surface area contributed by atoms with Crippen molar-refractivity contribution in [3.63, 3.8) is 0 Å². The third-order valence-electron chi connectivity index (χ3n) is 5.51. The minimum absolute atomic E-state index is 0.189. The third-order valence-corrected chi connectivity index (χ3v) is 7.39. The first-order valence-electron chi connectivity index (χ1n) is 8.84. The Morgan fingerprint density at radius 1 is 1.12 bits per heavy atom. The minimum Gasteiger partial charge on any atom is -0.294 e. The summed E-state index contributed by atoms with van der Waals surface area (Å²) in [5, 5.41) is 0. The molecule has 3 unspecified atom stereocenters. The SMILES string of the molecule is Cc1ccc(F)c(S(=O)(=O)N2CCCC(N3C(C)CCC3C)C2)c1. The first kappa shape index (κ1) is 17.8. The lowest BCUT2D eigenvalue weighted by Crippen LogP contribution is -2.52. The largest absolute Gasteiger partial charge is 0.294 e. The van der Waals surface area contributed by atoms with Crippen LogP contribution in [0.2, 0.25) is 0 Å². The van der Waals surface area contributed by atoms with Crippen molar-refractivity contribution in [2.75, 3.05) is 13.1 Å². The van der Waals surface area contributed by atoms with Gasteiger partial charge in [0.25, 0.3) is 0 Å². The van der Waals surface area contributed by atoms with Crippen LogP contribution in [-0.4, -0.2) is 48.8 Å². The van der Waals surface area contributed by atoms with Gasteiger partial charge in [-0.1, -0.05) is 6.07 Å². The van der Waals surface area contributed by atoms with E-state index in [1.807, 2.05) is 0 Å². The summed E-state index contributed by atoms with van der Waals surface area (Å²) in [6, 6.07) is 5.49. The molecule has 1 aromatic carbocycles. The molecule has 0 spiro atoms. The van der Waals surface area contributed by atoms with Crippen LogP contribution in [0.1, 0.15) is 45.1 Å². The molecule has 0 amide bonds. The number of sulfonamides is 1. The second-order valence-corrected chi connectivity index (χ2v) is 9.22. The number of halogens is 1. The quantitative estimate of drug-likeness (QED) is 0.837. The molecule has 0 N–H and O–H groups in total. The number of hydrogen-bond donors (Lipinski definition) is 0. The van der Waals surface area contributed by atoms with Crippen molar-refractivity contribution >= 4 is 10.0 Å². The van der Waals surface area contributed by atoms with Gasteiger partial charge in [0, 0.05) is 31.2 Å². The Morgan fingerprint density at radius 2 is 1.79 bits per heavy atom. The van der Waals surface area contributed by atoms with Crippen LogP contribution in [0.3, 0.4) is 0 Å². The molecule has 3 rings (SSSR count). The second-order valence-electron chi connectivity index (χ2n) is 7.32. The van der Waals surface area contributed by atoms with Crippen LogP contribution in [-0.2, 0) is 10.0 Å². The van der Waals surface area contributed by atoms with Crippen molar-refractivity contribution in [1.29, 1.82) is 0 Å². The standard InChI is InChI=1S/C18H27FN2O2S/c1-13-6-9-17(19)18(11-13)24(22,23)20-10-4-5-16(12-20)21-14(2)7-8-15(21)3/h6,9,11,14-16H,4-5,7-8,10,12H2,1-3H3. The maximum Gasteiger partial charge on any atom is 0.246 e. The van der Waals surface area contributed by atoms with Crippen molar-refractivity contribution < 1.29 is 12.8 Å². The zero-order chi connectivity index (χ0) is 17.5. The summed E-state index contributed by atoms with van der Waals surface area (Å²) in [5.74, 6) is -0.661. The lowest BCUT2D eigenvalue weighted by molar-refractivity contribution is 0.0979. The number of piperidine rings is 1. The summed E-state index contributed by atoms with van der Waals surface area (Å²) < 4.78 is 41.5. The Bertz CT molecular complexity index is 697. The van der Waals surface area contributed by atoms with Gasteiger partial charge in [-0.15, -0.1) is 0 Å². The van der Waals surface area contributed by atoms with Crippen LogP contribution in [0.5, 0.6) is 0 Å². The Morgan fingerprint density at radius 3 is 2.46 bits per heavy atom. The molecular formula is C18H27FN2O2S. The number of hydrogen-bond acceptors (Lipinski definition) is 3. The minimum atomic E-state index is -3.78. The van der Waals surface area contributed by atoms with Crippen LogP contribution in [0.4, 0.5) is 4.39 Å². The topological polar surface area (TPSA) is 40.6 Å². The maximum atomic E-state index is 14.1. The highest BCUT2D eigenvalue weighted by atomic mass is 32.2. The Kier molecular flexibility index (Phi) is 5.00. The normalized spacial score (nSPS) is 29.9. The summed E-state index contributed by atoms with van der Waals surface area (Å²) in [6.07, 6.45) is 4.16. The molecule has 2 aliphatic rings. The summed E-state index contributed by atoms with van der Waals surface area (Å²) >= 11 is 0. The summed E-state index contributed by atoms with van der Waals surface area (Å²) in [7, 11) is -3.78. The number of nitrogens with zero attached hydrogens (tertiary/aromatic N) is 2. The number of benzene rings is 1. The fourth-order valence-electron chi connectivity index (χ4n) is 4.26. The van der Waals surface area contributed by atoms with E-state index in [4.69, 9.17) is 0 Å². The first-order valence-corrected chi connectivity index (χ1v) is 10.3. The van der Waals surface area contributed by atoms with Crippen LogP contribution in [0.15, 0.2) is 23.1 Å². The van der Waals surface area contributed by atoms with Crippen LogP contribution in [0, 0.1) is 12.7 Å². The summed E-state index contributed by atoms with van der Waals surface area (Å²) in [6.45, 7) is 7.16. The summed E-state index contributed by atoms with van der Waals surface area (Å²) in [4.78, 5) is 2.28. The smallest absolute Gasteiger partial charge is 0.246 e. The molecule has 2 fully saturated rings. The van der Waals surface area contributed by atoms with E-state index in [0.717, 1.165) is 31.2 Å². The monoisotopic (exact) mass is 354 g/mol. The average molecular weight is 354 g/mol. The summed E-state index contributed by atoms with van der Waals surface area (Å²) in [5.41, 5.74) is 0.755. The van der Waals surface area contributed by atoms with Gasteiger partial charge in [0.2, 0.25) is 10.0 Å². The van der Waals surface area contributed by atoms with E-state index in [1.165, 1.54) is 16.4 Å². The molecule has 0 aromatic heterocycles. The molecule has 4 nitrogen and oxygen atoms in total. The van der Waals surface area contributed by atoms with E-state index < -0.39 is 15.8 Å². The van der Waals surface area contributed by atoms with Crippen LogP contribution in [0.25, 0.3) is 0 Å². The zero-order valence-corrected chi connectivity index (χ0v) is 15.5. The Balaban J connectivity index is 1.85. The molecule has 2 aliphatic heterocycles. The van der Waals surface area contributed by atoms with Crippen LogP contribution >= 0.6 is 0 Å². The highest BCUT2D eigenvalue weighted by molar-refractivity contribution is 7.89. The van der Waals surface area contributed by atoms with Crippen molar-refractivity contribution in [3.8, 4) is 0 Å². The van der Waals surface area contributed by atoms with E-state index in [0.29, 0.717) is 25.2 Å². The number of aryl methyl sites for hydroxylation is 1. The van der Waals surface area contributed by atoms with Gasteiger partial charge < -0.3 is 0 Å². The van der Waals surface area contributed by atoms with Gasteiger partial charge >= 0.3 is 0 Å². The maximum absolute atomic E-state index is 14.1. The molecule has 3 atom stereocenters. The highest BCUT2D eigenvalue weighted by Gasteiger charge is 2.39. The molecule has 1 aromatic rings. The van der Waals surface area contributed by atoms with Gasteiger partial charge in [-0.05, 0) is 64.2 Å². The zero-order valence-electron chi connectivity index (χ0n) is 14.7. The van der Waals surface area contributed by atoms with Crippen molar-refractivity contribution in [2.24, 2.45) is 0 Å². The van der Waals surface area contributed by atoms with Crippen molar-refractivity contribution in [2.45, 2.75) is 69.5 Å². The van der Waals surface area contributed by atoms with E-state index in [-0.39, 0.29) is 10.9 Å². The van der Waals surface area contributed by atoms with Crippen LogP contribution < -0.4 is 0 Å². The molecule has 0 radical (unpaired) electrons. The first-order chi connectivity index (χ1) is 11.3. The van der Waals surface area contributed by atoms with Crippen molar-refractivity contribution in [3.05, 3.63) is 29.6 Å². The fraction of sp³-hybridized carbons (Fsp3) is 0.667. The van der Waals surface area contributed by atoms with E-state index >= 15 is 0 Å². The molecule has 0 saturated carbocycles. The molecule has 134 valence electrons. The Labute approximate surface area is 144 Å². The predicted octanol–water partition coefficient (Wildman–Crippen LogP) is 3.16. The fourth-order valence-corrected chi connectivity index (χ4v) is 5.93. The number of likely N-dealkylation sites (tertiary alicyclic amines) is 1. The molecule has 2 saturated heterocycles. The molecule has 0 bridgehead atoms. The molecule has 2 heterocycles. The predicted molar refractivity (Wildman–Crippen MR) is 92.9 cm³/mol.